The fraction of sp³-hybridized carbons (Fsp3) is 0.357. The molecule has 2 aromatic rings. The lowest BCUT2D eigenvalue weighted by Gasteiger charge is -2.24. The van der Waals surface area contributed by atoms with Crippen LogP contribution in [0, 0.1) is 5.82 Å². The third-order valence-electron chi connectivity index (χ3n) is 3.50. The van der Waals surface area contributed by atoms with E-state index in [0.717, 1.165) is 18.4 Å². The minimum atomic E-state index is -0.339. The Hall–Kier alpha value is -2.28. The first-order valence-corrected chi connectivity index (χ1v) is 6.78. The number of nitrogens with one attached hydrogen (secondary N) is 2. The summed E-state index contributed by atoms with van der Waals surface area (Å²) in [5, 5.41) is 12.7. The first-order chi connectivity index (χ1) is 10.2. The van der Waals surface area contributed by atoms with E-state index in [1.165, 1.54) is 18.3 Å². The molecule has 21 heavy (non-hydrogen) atoms. The Labute approximate surface area is 120 Å². The lowest BCUT2D eigenvalue weighted by molar-refractivity contribution is 0.0669. The van der Waals surface area contributed by atoms with Gasteiger partial charge in [0.15, 0.2) is 5.69 Å². The Balaban J connectivity index is 1.82. The molecule has 1 saturated heterocycles. The maximum Gasteiger partial charge on any atom is 0.274 e. The Kier molecular flexibility index (Phi) is 3.92. The molecule has 3 rings (SSSR count). The molecule has 1 aliphatic rings. The highest BCUT2D eigenvalue weighted by Crippen LogP contribution is 2.27. The predicted octanol–water partition coefficient (Wildman–Crippen LogP) is 1.59. The van der Waals surface area contributed by atoms with E-state index in [1.807, 2.05) is 0 Å². The Bertz CT molecular complexity index is 594. The summed E-state index contributed by atoms with van der Waals surface area (Å²) in [5.41, 5.74) is 1.01. The Morgan fingerprint density at radius 1 is 1.43 bits per heavy atom. The standard InChI is InChI=1S/C14H15FN4O2/c15-10-5-3-9(4-6-10)13(12-2-1-7-21-12)17-14(20)11-8-16-19-18-11/h3-6,8,12-13H,1-2,7H2,(H,17,20)(H,16,18,19). The molecule has 2 N–H and O–H groups in total. The summed E-state index contributed by atoms with van der Waals surface area (Å²) in [6, 6.07) is 5.73. The van der Waals surface area contributed by atoms with Gasteiger partial charge in [0.2, 0.25) is 0 Å². The van der Waals surface area contributed by atoms with Gasteiger partial charge in [-0.15, -0.1) is 0 Å². The third kappa shape index (κ3) is 3.08. The van der Waals surface area contributed by atoms with Crippen LogP contribution in [0.15, 0.2) is 30.5 Å². The van der Waals surface area contributed by atoms with Gasteiger partial charge in [0.1, 0.15) is 5.82 Å². The third-order valence-corrected chi connectivity index (χ3v) is 3.50. The quantitative estimate of drug-likeness (QED) is 0.896. The highest BCUT2D eigenvalue weighted by Gasteiger charge is 2.29. The molecule has 1 aliphatic heterocycles. The molecule has 1 aromatic heterocycles. The van der Waals surface area contributed by atoms with Gasteiger partial charge in [0.05, 0.1) is 18.3 Å². The second-order valence-electron chi connectivity index (χ2n) is 4.91. The van der Waals surface area contributed by atoms with E-state index >= 15 is 0 Å². The van der Waals surface area contributed by atoms with Crippen molar-refractivity contribution in [2.75, 3.05) is 6.61 Å². The summed E-state index contributed by atoms with van der Waals surface area (Å²) < 4.78 is 18.7. The van der Waals surface area contributed by atoms with Crippen LogP contribution >= 0.6 is 0 Å². The van der Waals surface area contributed by atoms with E-state index in [1.54, 1.807) is 12.1 Å². The van der Waals surface area contributed by atoms with Crippen LogP contribution in [0.1, 0.15) is 34.9 Å². The monoisotopic (exact) mass is 290 g/mol. The van der Waals surface area contributed by atoms with Crippen molar-refractivity contribution >= 4 is 5.91 Å². The SMILES string of the molecule is O=C(NC(c1ccc(F)cc1)C1CCCO1)c1cn[nH]n1. The normalized spacial score (nSPS) is 19.4. The van der Waals surface area contributed by atoms with Crippen molar-refractivity contribution in [1.82, 2.24) is 20.7 Å². The van der Waals surface area contributed by atoms with E-state index in [2.05, 4.69) is 20.7 Å². The first-order valence-electron chi connectivity index (χ1n) is 6.78. The number of amides is 1. The van der Waals surface area contributed by atoms with Gasteiger partial charge >= 0.3 is 0 Å². The molecular weight excluding hydrogens is 275 g/mol. The zero-order valence-electron chi connectivity index (χ0n) is 11.3. The maximum absolute atomic E-state index is 13.1. The Morgan fingerprint density at radius 3 is 2.86 bits per heavy atom. The smallest absolute Gasteiger partial charge is 0.274 e. The number of ether oxygens (including phenoxy) is 1. The summed E-state index contributed by atoms with van der Waals surface area (Å²) in [5.74, 6) is -0.652. The number of nitrogens with zero attached hydrogens (tertiary/aromatic N) is 2. The van der Waals surface area contributed by atoms with E-state index in [9.17, 15) is 9.18 Å². The van der Waals surface area contributed by atoms with Gasteiger partial charge in [-0.2, -0.15) is 15.4 Å². The number of hydrogen-bond donors (Lipinski definition) is 2. The van der Waals surface area contributed by atoms with Crippen molar-refractivity contribution < 1.29 is 13.9 Å². The lowest BCUT2D eigenvalue weighted by atomic mass is 9.99. The highest BCUT2D eigenvalue weighted by molar-refractivity contribution is 5.92. The summed E-state index contributed by atoms with van der Waals surface area (Å²) >= 11 is 0. The number of aromatic amines is 1. The Morgan fingerprint density at radius 2 is 2.24 bits per heavy atom. The molecule has 1 aromatic carbocycles. The average molecular weight is 290 g/mol. The molecule has 0 saturated carbocycles. The van der Waals surface area contributed by atoms with Gasteiger partial charge in [0, 0.05) is 6.61 Å². The maximum atomic E-state index is 13.1. The molecule has 2 heterocycles. The number of benzene rings is 1. The van der Waals surface area contributed by atoms with Crippen LogP contribution < -0.4 is 5.32 Å². The molecule has 110 valence electrons. The van der Waals surface area contributed by atoms with Crippen LogP contribution in [0.4, 0.5) is 4.39 Å². The van der Waals surface area contributed by atoms with Gasteiger partial charge in [-0.1, -0.05) is 12.1 Å². The minimum absolute atomic E-state index is 0.119. The number of carbonyl (C=O) groups is 1. The van der Waals surface area contributed by atoms with Gasteiger partial charge in [0.25, 0.3) is 5.91 Å². The van der Waals surface area contributed by atoms with Gasteiger partial charge in [-0.25, -0.2) is 4.39 Å². The van der Waals surface area contributed by atoms with Gasteiger partial charge in [-0.05, 0) is 30.5 Å². The summed E-state index contributed by atoms with van der Waals surface area (Å²) in [6.07, 6.45) is 3.03. The van der Waals surface area contributed by atoms with E-state index in [-0.39, 0.29) is 29.6 Å². The molecule has 2 atom stereocenters. The second-order valence-corrected chi connectivity index (χ2v) is 4.91. The van der Waals surface area contributed by atoms with Crippen LogP contribution in [0.5, 0.6) is 0 Å². The first kappa shape index (κ1) is 13.7. The van der Waals surface area contributed by atoms with E-state index in [4.69, 9.17) is 4.74 Å². The summed E-state index contributed by atoms with van der Waals surface area (Å²) in [4.78, 5) is 12.1. The number of rotatable bonds is 4. The van der Waals surface area contributed by atoms with Crippen molar-refractivity contribution in [1.29, 1.82) is 0 Å². The fourth-order valence-electron chi connectivity index (χ4n) is 2.45. The van der Waals surface area contributed by atoms with Crippen LogP contribution in [0.25, 0.3) is 0 Å². The van der Waals surface area contributed by atoms with Crippen LogP contribution in [0.2, 0.25) is 0 Å². The van der Waals surface area contributed by atoms with Crippen molar-refractivity contribution in [3.8, 4) is 0 Å². The van der Waals surface area contributed by atoms with Crippen molar-refractivity contribution in [2.45, 2.75) is 25.0 Å². The number of H-pyrrole nitrogens is 1. The molecule has 0 bridgehead atoms. The predicted molar refractivity (Wildman–Crippen MR) is 72.0 cm³/mol. The highest BCUT2D eigenvalue weighted by atomic mass is 19.1. The van der Waals surface area contributed by atoms with Crippen LogP contribution in [-0.2, 0) is 4.74 Å². The molecule has 2 unspecified atom stereocenters. The molecule has 0 aliphatic carbocycles. The van der Waals surface area contributed by atoms with Crippen LogP contribution in [0.3, 0.4) is 0 Å². The molecule has 6 nitrogen and oxygen atoms in total. The lowest BCUT2D eigenvalue weighted by Crippen LogP contribution is -2.36. The molecule has 1 fully saturated rings. The van der Waals surface area contributed by atoms with Crippen molar-refractivity contribution in [3.05, 3.63) is 47.5 Å². The molecule has 1 amide bonds. The van der Waals surface area contributed by atoms with Gasteiger partial charge < -0.3 is 10.1 Å². The molecule has 7 heteroatoms. The average Bonchev–Trinajstić information content (AvgIpc) is 3.19. The number of halogens is 1. The zero-order valence-corrected chi connectivity index (χ0v) is 11.3. The number of hydrogen-bond acceptors (Lipinski definition) is 4. The molecular formula is C14H15FN4O2. The van der Waals surface area contributed by atoms with Crippen LogP contribution in [-0.4, -0.2) is 34.0 Å². The molecule has 0 spiro atoms. The van der Waals surface area contributed by atoms with Crippen molar-refractivity contribution in [2.24, 2.45) is 0 Å². The summed E-state index contributed by atoms with van der Waals surface area (Å²) in [7, 11) is 0. The fourth-order valence-corrected chi connectivity index (χ4v) is 2.45. The molecule has 0 radical (unpaired) electrons. The van der Waals surface area contributed by atoms with Crippen molar-refractivity contribution in [3.63, 3.8) is 0 Å². The second kappa shape index (κ2) is 6.01. The minimum Gasteiger partial charge on any atom is -0.376 e. The largest absolute Gasteiger partial charge is 0.376 e. The van der Waals surface area contributed by atoms with E-state index < -0.39 is 0 Å². The zero-order chi connectivity index (χ0) is 14.7. The topological polar surface area (TPSA) is 79.9 Å². The number of carbonyl (C=O) groups excluding carboxylic acids is 1. The summed E-state index contributed by atoms with van der Waals surface area (Å²) in [6.45, 7) is 0.669. The number of aromatic nitrogens is 3. The van der Waals surface area contributed by atoms with E-state index in [0.29, 0.717) is 6.61 Å². The van der Waals surface area contributed by atoms with Gasteiger partial charge in [-0.3, -0.25) is 4.79 Å².